The fraction of sp³-hybridized carbons (Fsp3) is 0.250. The summed E-state index contributed by atoms with van der Waals surface area (Å²) in [7, 11) is 0. The molecular formula is C16H11F3N4O3. The van der Waals surface area contributed by atoms with E-state index in [4.69, 9.17) is 9.05 Å². The second-order valence-electron chi connectivity index (χ2n) is 5.82. The molecule has 0 radical (unpaired) electrons. The number of likely N-dealkylation sites (tertiary alicyclic amines) is 1. The third kappa shape index (κ3) is 2.93. The van der Waals surface area contributed by atoms with Gasteiger partial charge < -0.3 is 13.9 Å². The van der Waals surface area contributed by atoms with E-state index in [1.807, 2.05) is 0 Å². The zero-order valence-electron chi connectivity index (χ0n) is 13.1. The van der Waals surface area contributed by atoms with Crippen LogP contribution >= 0.6 is 0 Å². The lowest BCUT2D eigenvalue weighted by molar-refractivity contribution is -0.137. The van der Waals surface area contributed by atoms with Crippen molar-refractivity contribution in [2.24, 2.45) is 0 Å². The Morgan fingerprint density at radius 3 is 2.69 bits per heavy atom. The molecule has 10 heteroatoms. The third-order valence-corrected chi connectivity index (χ3v) is 4.06. The van der Waals surface area contributed by atoms with Gasteiger partial charge in [-0.25, -0.2) is 0 Å². The number of hydrogen-bond acceptors (Lipinski definition) is 6. The molecule has 0 saturated carbocycles. The highest BCUT2D eigenvalue weighted by molar-refractivity contribution is 5.91. The lowest BCUT2D eigenvalue weighted by atomic mass is 10.00. The van der Waals surface area contributed by atoms with Gasteiger partial charge in [0.05, 0.1) is 17.7 Å². The van der Waals surface area contributed by atoms with Crippen LogP contribution in [0.3, 0.4) is 0 Å². The Hall–Kier alpha value is -3.17. The summed E-state index contributed by atoms with van der Waals surface area (Å²) in [5.74, 6) is 0.0223. The van der Waals surface area contributed by atoms with Crippen LogP contribution in [-0.2, 0) is 6.18 Å². The van der Waals surface area contributed by atoms with Crippen molar-refractivity contribution in [1.82, 2.24) is 20.2 Å². The maximum Gasteiger partial charge on any atom is 0.416 e. The SMILES string of the molecule is O=C(c1ccno1)N1CC(c2nc(-c3cccc(C(F)(F)F)c3)no2)C1. The fourth-order valence-electron chi connectivity index (χ4n) is 2.64. The van der Waals surface area contributed by atoms with Crippen LogP contribution in [0.5, 0.6) is 0 Å². The summed E-state index contributed by atoms with van der Waals surface area (Å²) in [5.41, 5.74) is -0.572. The molecule has 1 aliphatic heterocycles. The van der Waals surface area contributed by atoms with Crippen LogP contribution in [0.1, 0.15) is 27.9 Å². The highest BCUT2D eigenvalue weighted by atomic mass is 19.4. The van der Waals surface area contributed by atoms with Crippen molar-refractivity contribution in [3.63, 3.8) is 0 Å². The zero-order chi connectivity index (χ0) is 18.3. The molecule has 134 valence electrons. The van der Waals surface area contributed by atoms with Gasteiger partial charge in [-0.2, -0.15) is 18.2 Å². The van der Waals surface area contributed by atoms with Gasteiger partial charge in [0.15, 0.2) is 0 Å². The maximum absolute atomic E-state index is 12.8. The van der Waals surface area contributed by atoms with Gasteiger partial charge in [0.25, 0.3) is 5.91 Å². The van der Waals surface area contributed by atoms with Crippen molar-refractivity contribution in [3.05, 3.63) is 53.7 Å². The average molecular weight is 364 g/mol. The van der Waals surface area contributed by atoms with E-state index in [9.17, 15) is 18.0 Å². The van der Waals surface area contributed by atoms with Crippen molar-refractivity contribution in [2.45, 2.75) is 12.1 Å². The van der Waals surface area contributed by atoms with E-state index >= 15 is 0 Å². The summed E-state index contributed by atoms with van der Waals surface area (Å²) in [5, 5.41) is 7.23. The first kappa shape index (κ1) is 16.3. The van der Waals surface area contributed by atoms with E-state index < -0.39 is 11.7 Å². The van der Waals surface area contributed by atoms with Crippen LogP contribution < -0.4 is 0 Å². The minimum Gasteiger partial charge on any atom is -0.351 e. The van der Waals surface area contributed by atoms with E-state index in [1.165, 1.54) is 29.3 Å². The smallest absolute Gasteiger partial charge is 0.351 e. The van der Waals surface area contributed by atoms with Gasteiger partial charge in [-0.1, -0.05) is 22.4 Å². The van der Waals surface area contributed by atoms with Crippen molar-refractivity contribution in [1.29, 1.82) is 0 Å². The molecule has 0 atom stereocenters. The Labute approximate surface area is 144 Å². The number of carbonyl (C=O) groups excluding carboxylic acids is 1. The first-order chi connectivity index (χ1) is 12.4. The molecule has 26 heavy (non-hydrogen) atoms. The van der Waals surface area contributed by atoms with Gasteiger partial charge in [-0.05, 0) is 12.1 Å². The molecule has 1 saturated heterocycles. The molecule has 1 aromatic carbocycles. The standard InChI is InChI=1S/C16H11F3N4O3/c17-16(18,19)11-3-1-2-9(6-11)13-21-14(26-22-13)10-7-23(8-10)15(24)12-4-5-20-25-12/h1-6,10H,7-8H2. The Morgan fingerprint density at radius 2 is 2.00 bits per heavy atom. The number of amides is 1. The largest absolute Gasteiger partial charge is 0.416 e. The van der Waals surface area contributed by atoms with E-state index in [0.29, 0.717) is 13.1 Å². The summed E-state index contributed by atoms with van der Waals surface area (Å²) in [6.07, 6.45) is -3.07. The van der Waals surface area contributed by atoms with Gasteiger partial charge in [0.1, 0.15) is 0 Å². The van der Waals surface area contributed by atoms with Gasteiger partial charge in [0, 0.05) is 24.7 Å². The lowest BCUT2D eigenvalue weighted by Gasteiger charge is -2.36. The Morgan fingerprint density at radius 1 is 1.19 bits per heavy atom. The number of alkyl halides is 3. The van der Waals surface area contributed by atoms with Crippen LogP contribution in [0.4, 0.5) is 13.2 Å². The number of aromatic nitrogens is 3. The minimum absolute atomic E-state index is 0.0751. The molecule has 0 unspecified atom stereocenters. The Balaban J connectivity index is 1.46. The van der Waals surface area contributed by atoms with Gasteiger partial charge >= 0.3 is 6.18 Å². The molecule has 0 aliphatic carbocycles. The molecule has 4 rings (SSSR count). The first-order valence-electron chi connectivity index (χ1n) is 7.63. The van der Waals surface area contributed by atoms with E-state index in [0.717, 1.165) is 12.1 Å². The van der Waals surface area contributed by atoms with E-state index in [1.54, 1.807) is 0 Å². The van der Waals surface area contributed by atoms with E-state index in [2.05, 4.69) is 15.3 Å². The lowest BCUT2D eigenvalue weighted by Crippen LogP contribution is -2.48. The third-order valence-electron chi connectivity index (χ3n) is 4.06. The van der Waals surface area contributed by atoms with Crippen LogP contribution in [0.15, 0.2) is 45.6 Å². The Bertz CT molecular complexity index is 930. The van der Waals surface area contributed by atoms with Crippen LogP contribution in [0, 0.1) is 0 Å². The number of benzene rings is 1. The Kier molecular flexibility index (Phi) is 3.74. The molecule has 7 nitrogen and oxygen atoms in total. The number of carbonyl (C=O) groups is 1. The number of nitrogens with zero attached hydrogens (tertiary/aromatic N) is 4. The second kappa shape index (κ2) is 5.97. The topological polar surface area (TPSA) is 85.3 Å². The van der Waals surface area contributed by atoms with Gasteiger partial charge in [-0.15, -0.1) is 0 Å². The molecule has 1 fully saturated rings. The molecule has 0 bridgehead atoms. The molecule has 3 aromatic rings. The number of hydrogen-bond donors (Lipinski definition) is 0. The summed E-state index contributed by atoms with van der Waals surface area (Å²) in [6.45, 7) is 0.702. The average Bonchev–Trinajstić information content (AvgIpc) is 3.25. The normalized spacial score (nSPS) is 15.1. The summed E-state index contributed by atoms with van der Waals surface area (Å²) in [6, 6.07) is 6.17. The van der Waals surface area contributed by atoms with Crippen LogP contribution in [-0.4, -0.2) is 39.2 Å². The molecule has 3 heterocycles. The van der Waals surface area contributed by atoms with Crippen molar-refractivity contribution in [3.8, 4) is 11.4 Å². The fourth-order valence-corrected chi connectivity index (χ4v) is 2.64. The molecule has 2 aromatic heterocycles. The predicted molar refractivity (Wildman–Crippen MR) is 79.9 cm³/mol. The maximum atomic E-state index is 12.8. The van der Waals surface area contributed by atoms with E-state index in [-0.39, 0.29) is 34.9 Å². The summed E-state index contributed by atoms with van der Waals surface area (Å²) in [4.78, 5) is 17.7. The monoisotopic (exact) mass is 364 g/mol. The van der Waals surface area contributed by atoms with Crippen LogP contribution in [0.25, 0.3) is 11.4 Å². The molecule has 1 amide bonds. The number of rotatable bonds is 3. The van der Waals surface area contributed by atoms with Crippen molar-refractivity contribution < 1.29 is 27.0 Å². The summed E-state index contributed by atoms with van der Waals surface area (Å²) >= 11 is 0. The van der Waals surface area contributed by atoms with Crippen LogP contribution in [0.2, 0.25) is 0 Å². The second-order valence-corrected chi connectivity index (χ2v) is 5.82. The van der Waals surface area contributed by atoms with Gasteiger partial charge in [-0.3, -0.25) is 4.79 Å². The minimum atomic E-state index is -4.45. The summed E-state index contributed by atoms with van der Waals surface area (Å²) < 4.78 is 48.4. The predicted octanol–water partition coefficient (Wildman–Crippen LogP) is 2.98. The highest BCUT2D eigenvalue weighted by Gasteiger charge is 2.37. The number of halogens is 3. The highest BCUT2D eigenvalue weighted by Crippen LogP contribution is 2.32. The zero-order valence-corrected chi connectivity index (χ0v) is 13.1. The quantitative estimate of drug-likeness (QED) is 0.710. The first-order valence-corrected chi connectivity index (χ1v) is 7.63. The molecule has 1 aliphatic rings. The molecule has 0 N–H and O–H groups in total. The van der Waals surface area contributed by atoms with Crippen molar-refractivity contribution >= 4 is 5.91 Å². The van der Waals surface area contributed by atoms with Gasteiger partial charge in [0.2, 0.25) is 17.5 Å². The van der Waals surface area contributed by atoms with Crippen molar-refractivity contribution in [2.75, 3.05) is 13.1 Å². The molecular weight excluding hydrogens is 353 g/mol. The molecule has 0 spiro atoms.